The van der Waals surface area contributed by atoms with Crippen molar-refractivity contribution in [1.29, 1.82) is 0 Å². The van der Waals surface area contributed by atoms with Crippen LogP contribution in [-0.2, 0) is 19.4 Å². The molecule has 0 amide bonds. The van der Waals surface area contributed by atoms with Crippen LogP contribution in [0.15, 0.2) is 0 Å². The van der Waals surface area contributed by atoms with Crippen LogP contribution in [0.4, 0.5) is 0 Å². The second kappa shape index (κ2) is 6.36. The molecule has 0 aromatic carbocycles. The first-order chi connectivity index (χ1) is 8.61. The van der Waals surface area contributed by atoms with Crippen LogP contribution in [-0.4, -0.2) is 10.5 Å². The molecule has 0 saturated heterocycles. The van der Waals surface area contributed by atoms with Gasteiger partial charge in [-0.2, -0.15) is 0 Å². The van der Waals surface area contributed by atoms with E-state index in [0.29, 0.717) is 5.41 Å². The van der Waals surface area contributed by atoms with E-state index in [4.69, 9.17) is 4.98 Å². The van der Waals surface area contributed by atoms with Gasteiger partial charge in [0.15, 0.2) is 0 Å². The Morgan fingerprint density at radius 1 is 1.11 bits per heavy atom. The molecule has 1 aromatic rings. The molecule has 0 fully saturated rings. The van der Waals surface area contributed by atoms with E-state index >= 15 is 0 Å². The van der Waals surface area contributed by atoms with Gasteiger partial charge in [0.05, 0.1) is 10.7 Å². The zero-order chi connectivity index (χ0) is 14.7. The van der Waals surface area contributed by atoms with Gasteiger partial charge in [0, 0.05) is 23.4 Å². The zero-order valence-corrected chi connectivity index (χ0v) is 14.5. The van der Waals surface area contributed by atoms with Crippen molar-refractivity contribution < 1.29 is 0 Å². The molecule has 1 heterocycles. The summed E-state index contributed by atoms with van der Waals surface area (Å²) in [5, 5.41) is 4.88. The summed E-state index contributed by atoms with van der Waals surface area (Å²) >= 11 is 1.89. The van der Waals surface area contributed by atoms with Crippen molar-refractivity contribution in [3.05, 3.63) is 15.6 Å². The van der Waals surface area contributed by atoms with Gasteiger partial charge in [-0.3, -0.25) is 0 Å². The van der Waals surface area contributed by atoms with E-state index in [1.807, 2.05) is 11.3 Å². The molecule has 1 rings (SSSR count). The molecule has 1 N–H and O–H groups in total. The lowest BCUT2D eigenvalue weighted by Crippen LogP contribution is -2.35. The molecule has 3 heteroatoms. The number of rotatable bonds is 5. The summed E-state index contributed by atoms with van der Waals surface area (Å²) in [5.41, 5.74) is 1.79. The van der Waals surface area contributed by atoms with Gasteiger partial charge in [-0.05, 0) is 32.6 Å². The van der Waals surface area contributed by atoms with Crippen molar-refractivity contribution >= 4 is 11.3 Å². The fourth-order valence-electron chi connectivity index (χ4n) is 1.88. The Balaban J connectivity index is 2.82. The van der Waals surface area contributed by atoms with Gasteiger partial charge in [-0.1, -0.05) is 34.1 Å². The van der Waals surface area contributed by atoms with Crippen LogP contribution in [0.5, 0.6) is 0 Å². The van der Waals surface area contributed by atoms with E-state index in [2.05, 4.69) is 53.8 Å². The molecule has 0 bridgehead atoms. The highest BCUT2D eigenvalue weighted by atomic mass is 32.1. The van der Waals surface area contributed by atoms with E-state index in [1.54, 1.807) is 0 Å². The average molecular weight is 282 g/mol. The fourth-order valence-corrected chi connectivity index (χ4v) is 3.24. The third-order valence-electron chi connectivity index (χ3n) is 2.77. The Bertz CT molecular complexity index is 394. The van der Waals surface area contributed by atoms with Gasteiger partial charge in [0.25, 0.3) is 0 Å². The second-order valence-corrected chi connectivity index (χ2v) is 8.74. The van der Waals surface area contributed by atoms with E-state index in [1.165, 1.54) is 22.0 Å². The summed E-state index contributed by atoms with van der Waals surface area (Å²) in [7, 11) is 0. The van der Waals surface area contributed by atoms with Crippen LogP contribution >= 0.6 is 11.3 Å². The third-order valence-corrected chi connectivity index (χ3v) is 3.87. The Kier molecular flexibility index (Phi) is 5.57. The number of nitrogens with one attached hydrogen (secondary N) is 1. The molecular formula is C16H30N2S. The minimum Gasteiger partial charge on any atom is -0.307 e. The summed E-state index contributed by atoms with van der Waals surface area (Å²) in [6.07, 6.45) is 3.34. The Labute approximate surface area is 123 Å². The fraction of sp³-hybridized carbons (Fsp3) is 0.812. The molecule has 0 spiro atoms. The summed E-state index contributed by atoms with van der Waals surface area (Å²) in [6, 6.07) is 0. The molecule has 0 atom stereocenters. The average Bonchev–Trinajstić information content (AvgIpc) is 2.54. The highest BCUT2D eigenvalue weighted by molar-refractivity contribution is 7.11. The molecule has 2 nitrogen and oxygen atoms in total. The highest BCUT2D eigenvalue weighted by Gasteiger charge is 2.18. The van der Waals surface area contributed by atoms with Crippen molar-refractivity contribution in [3.63, 3.8) is 0 Å². The Morgan fingerprint density at radius 3 is 2.21 bits per heavy atom. The molecule has 19 heavy (non-hydrogen) atoms. The summed E-state index contributed by atoms with van der Waals surface area (Å²) in [6.45, 7) is 16.6. The van der Waals surface area contributed by atoms with E-state index in [-0.39, 0.29) is 5.54 Å². The third kappa shape index (κ3) is 6.53. The topological polar surface area (TPSA) is 24.9 Å². The minimum absolute atomic E-state index is 0.164. The normalized spacial score (nSPS) is 13.0. The quantitative estimate of drug-likeness (QED) is 0.855. The smallest absolute Gasteiger partial charge is 0.0936 e. The molecule has 0 aliphatic carbocycles. The number of aromatic nitrogens is 1. The summed E-state index contributed by atoms with van der Waals surface area (Å²) in [4.78, 5) is 6.29. The first-order valence-corrected chi connectivity index (χ1v) is 8.15. The number of thiazole rings is 1. The van der Waals surface area contributed by atoms with Gasteiger partial charge in [-0.15, -0.1) is 11.3 Å². The van der Waals surface area contributed by atoms with Crippen LogP contribution in [0.2, 0.25) is 0 Å². The van der Waals surface area contributed by atoms with Crippen LogP contribution in [0.1, 0.15) is 70.5 Å². The van der Waals surface area contributed by atoms with Gasteiger partial charge in [0.2, 0.25) is 0 Å². The van der Waals surface area contributed by atoms with Crippen LogP contribution < -0.4 is 5.32 Å². The molecule has 0 radical (unpaired) electrons. The van der Waals surface area contributed by atoms with E-state index in [9.17, 15) is 0 Å². The van der Waals surface area contributed by atoms with Crippen LogP contribution in [0.3, 0.4) is 0 Å². The van der Waals surface area contributed by atoms with E-state index in [0.717, 1.165) is 19.4 Å². The largest absolute Gasteiger partial charge is 0.307 e. The maximum atomic E-state index is 4.86. The van der Waals surface area contributed by atoms with Crippen LogP contribution in [0, 0.1) is 5.41 Å². The molecule has 0 aliphatic heterocycles. The zero-order valence-electron chi connectivity index (χ0n) is 13.7. The molecule has 0 saturated carbocycles. The van der Waals surface area contributed by atoms with Crippen molar-refractivity contribution in [2.24, 2.45) is 5.41 Å². The molecule has 110 valence electrons. The van der Waals surface area contributed by atoms with Crippen molar-refractivity contribution in [1.82, 2.24) is 10.3 Å². The lowest BCUT2D eigenvalue weighted by atomic mass is 9.93. The number of hydrogen-bond acceptors (Lipinski definition) is 3. The summed E-state index contributed by atoms with van der Waals surface area (Å²) < 4.78 is 0. The minimum atomic E-state index is 0.164. The molecule has 0 aliphatic rings. The predicted octanol–water partition coefficient (Wildman–Crippen LogP) is 4.57. The second-order valence-electron chi connectivity index (χ2n) is 7.57. The van der Waals surface area contributed by atoms with Crippen LogP contribution in [0.25, 0.3) is 0 Å². The van der Waals surface area contributed by atoms with Gasteiger partial charge in [0.1, 0.15) is 0 Å². The van der Waals surface area contributed by atoms with Crippen molar-refractivity contribution in [3.8, 4) is 0 Å². The first-order valence-electron chi connectivity index (χ1n) is 7.33. The predicted molar refractivity (Wildman–Crippen MR) is 85.9 cm³/mol. The van der Waals surface area contributed by atoms with Crippen molar-refractivity contribution in [2.75, 3.05) is 0 Å². The number of hydrogen-bond donors (Lipinski definition) is 1. The lowest BCUT2D eigenvalue weighted by Gasteiger charge is -2.20. The Morgan fingerprint density at radius 2 is 1.74 bits per heavy atom. The van der Waals surface area contributed by atoms with Gasteiger partial charge < -0.3 is 5.32 Å². The first kappa shape index (κ1) is 16.6. The maximum absolute atomic E-state index is 4.86. The maximum Gasteiger partial charge on any atom is 0.0936 e. The molecular weight excluding hydrogens is 252 g/mol. The van der Waals surface area contributed by atoms with Gasteiger partial charge in [-0.25, -0.2) is 4.98 Å². The monoisotopic (exact) mass is 282 g/mol. The van der Waals surface area contributed by atoms with Gasteiger partial charge >= 0.3 is 0 Å². The standard InChI is InChI=1S/C16H30N2S/c1-8-9-12-13(11-17-16(5,6)7)19-14(18-12)10-15(2,3)4/h17H,8-11H2,1-7H3. The van der Waals surface area contributed by atoms with E-state index < -0.39 is 0 Å². The number of aryl methyl sites for hydroxylation is 1. The molecule has 1 aromatic heterocycles. The lowest BCUT2D eigenvalue weighted by molar-refractivity contribution is 0.410. The number of nitrogens with zero attached hydrogens (tertiary/aromatic N) is 1. The highest BCUT2D eigenvalue weighted by Crippen LogP contribution is 2.27. The summed E-state index contributed by atoms with van der Waals surface area (Å²) in [5.74, 6) is 0. The Hall–Kier alpha value is -0.410. The van der Waals surface area contributed by atoms with Crippen molar-refractivity contribution in [2.45, 2.75) is 79.8 Å². The SMILES string of the molecule is CCCc1nc(CC(C)(C)C)sc1CNC(C)(C)C. The molecule has 0 unspecified atom stereocenters.